The minimum Gasteiger partial charge on any atom is -0.369 e. The Labute approximate surface area is 195 Å². The second-order valence-electron chi connectivity index (χ2n) is 7.62. The van der Waals surface area contributed by atoms with Crippen LogP contribution in [0, 0.1) is 23.2 Å². The molecule has 0 saturated carbocycles. The number of amides is 1. The molecule has 1 amide bonds. The van der Waals surface area contributed by atoms with Crippen LogP contribution >= 0.6 is 0 Å². The summed E-state index contributed by atoms with van der Waals surface area (Å²) < 4.78 is 0. The van der Waals surface area contributed by atoms with Gasteiger partial charge in [-0.15, -0.1) is 12.3 Å². The van der Waals surface area contributed by atoms with Crippen molar-refractivity contribution in [1.29, 1.82) is 10.8 Å². The highest BCUT2D eigenvalue weighted by Crippen LogP contribution is 2.18. The Bertz CT molecular complexity index is 878. The molecule has 0 aromatic heterocycles. The van der Waals surface area contributed by atoms with Crippen molar-refractivity contribution in [2.75, 3.05) is 5.32 Å². The van der Waals surface area contributed by atoms with E-state index >= 15 is 0 Å². The first-order chi connectivity index (χ1) is 15.7. The van der Waals surface area contributed by atoms with Crippen molar-refractivity contribution < 1.29 is 4.79 Å². The average Bonchev–Trinajstić information content (AvgIpc) is 2.77. The molecule has 0 heterocycles. The van der Waals surface area contributed by atoms with Gasteiger partial charge in [0.05, 0.1) is 11.4 Å². The summed E-state index contributed by atoms with van der Waals surface area (Å²) in [5.41, 5.74) is 18.6. The van der Waals surface area contributed by atoms with Crippen LogP contribution in [0.3, 0.4) is 0 Å². The van der Waals surface area contributed by atoms with Gasteiger partial charge in [-0.25, -0.2) is 10.9 Å². The van der Waals surface area contributed by atoms with E-state index < -0.39 is 0 Å². The zero-order valence-electron chi connectivity index (χ0n) is 19.4. The fraction of sp³-hybridized carbons (Fsp3) is 0.435. The Morgan fingerprint density at radius 3 is 1.88 bits per heavy atom. The molecule has 1 rings (SSSR count). The van der Waals surface area contributed by atoms with Gasteiger partial charge in [-0.3, -0.25) is 15.6 Å². The number of rotatable bonds is 13. The minimum atomic E-state index is -0.279. The lowest BCUT2D eigenvalue weighted by molar-refractivity contribution is -0.116. The number of anilines is 1. The molecule has 0 bridgehead atoms. The molecule has 0 aliphatic rings. The number of nitrogens with two attached hydrogens (primary N) is 2. The van der Waals surface area contributed by atoms with Gasteiger partial charge >= 0.3 is 0 Å². The minimum absolute atomic E-state index is 0.0710. The Morgan fingerprint density at radius 2 is 1.39 bits per heavy atom. The van der Waals surface area contributed by atoms with Crippen molar-refractivity contribution in [3.05, 3.63) is 29.3 Å². The van der Waals surface area contributed by atoms with Gasteiger partial charge in [-0.1, -0.05) is 25.7 Å². The first-order valence-corrected chi connectivity index (χ1v) is 10.9. The van der Waals surface area contributed by atoms with E-state index in [1.54, 1.807) is 26.0 Å². The van der Waals surface area contributed by atoms with E-state index in [0.717, 1.165) is 44.9 Å². The molecule has 10 heteroatoms. The third kappa shape index (κ3) is 11.9. The first kappa shape index (κ1) is 27.2. The molecule has 0 aliphatic heterocycles. The van der Waals surface area contributed by atoms with Crippen molar-refractivity contribution in [1.82, 2.24) is 10.9 Å². The number of hydrogen-bond donors (Lipinski definition) is 7. The SMILES string of the molecule is C#CCCCCCCCCC(=O)Nc1cc(/C(C)=N/NC(=N)N)cc(/C(C)=N/NC(=N)N)c1. The van der Waals surface area contributed by atoms with E-state index in [1.165, 1.54) is 0 Å². The summed E-state index contributed by atoms with van der Waals surface area (Å²) in [5.74, 6) is 2.02. The zero-order valence-corrected chi connectivity index (χ0v) is 19.4. The number of nitrogens with one attached hydrogen (secondary N) is 5. The average molecular weight is 454 g/mol. The maximum absolute atomic E-state index is 12.5. The molecular formula is C23H35N9O. The Hall–Kier alpha value is -3.87. The summed E-state index contributed by atoms with van der Waals surface area (Å²) in [6, 6.07) is 5.41. The van der Waals surface area contributed by atoms with Crippen LogP contribution in [0.4, 0.5) is 5.69 Å². The lowest BCUT2D eigenvalue weighted by Crippen LogP contribution is -2.27. The lowest BCUT2D eigenvalue weighted by atomic mass is 10.0. The van der Waals surface area contributed by atoms with Crippen molar-refractivity contribution in [2.24, 2.45) is 21.7 Å². The number of unbranched alkanes of at least 4 members (excludes halogenated alkanes) is 6. The maximum atomic E-state index is 12.5. The highest BCUT2D eigenvalue weighted by molar-refractivity contribution is 6.06. The van der Waals surface area contributed by atoms with Crippen LogP contribution < -0.4 is 27.6 Å². The number of hydrogen-bond acceptors (Lipinski definition) is 5. The van der Waals surface area contributed by atoms with Crippen LogP contribution in [0.5, 0.6) is 0 Å². The molecule has 33 heavy (non-hydrogen) atoms. The van der Waals surface area contributed by atoms with Crippen LogP contribution in [0.15, 0.2) is 28.4 Å². The highest BCUT2D eigenvalue weighted by Gasteiger charge is 2.10. The van der Waals surface area contributed by atoms with E-state index in [0.29, 0.717) is 34.7 Å². The number of benzene rings is 1. The van der Waals surface area contributed by atoms with E-state index in [4.69, 9.17) is 28.7 Å². The topological polar surface area (TPSA) is 178 Å². The van der Waals surface area contributed by atoms with E-state index in [-0.39, 0.29) is 17.8 Å². The normalized spacial score (nSPS) is 11.4. The van der Waals surface area contributed by atoms with Crippen LogP contribution in [0.2, 0.25) is 0 Å². The van der Waals surface area contributed by atoms with Crippen LogP contribution in [-0.2, 0) is 4.79 Å². The fourth-order valence-corrected chi connectivity index (χ4v) is 2.98. The van der Waals surface area contributed by atoms with Gasteiger partial charge in [0.1, 0.15) is 0 Å². The van der Waals surface area contributed by atoms with Gasteiger partial charge in [0.15, 0.2) is 0 Å². The molecule has 0 unspecified atom stereocenters. The fourth-order valence-electron chi connectivity index (χ4n) is 2.98. The van der Waals surface area contributed by atoms with Gasteiger partial charge in [0.25, 0.3) is 0 Å². The van der Waals surface area contributed by atoms with Gasteiger partial charge in [-0.05, 0) is 44.9 Å². The molecule has 10 nitrogen and oxygen atoms in total. The smallest absolute Gasteiger partial charge is 0.224 e. The molecule has 0 radical (unpaired) electrons. The largest absolute Gasteiger partial charge is 0.369 e. The summed E-state index contributed by atoms with van der Waals surface area (Å²) in [4.78, 5) is 12.5. The van der Waals surface area contributed by atoms with Gasteiger partial charge in [0, 0.05) is 29.7 Å². The Balaban J connectivity index is 2.84. The molecule has 178 valence electrons. The summed E-state index contributed by atoms with van der Waals surface area (Å²) in [6.45, 7) is 3.51. The van der Waals surface area contributed by atoms with Crippen molar-refractivity contribution in [2.45, 2.75) is 65.2 Å². The molecule has 0 aliphatic carbocycles. The summed E-state index contributed by atoms with van der Waals surface area (Å²) in [6.07, 6.45) is 12.7. The second-order valence-corrected chi connectivity index (χ2v) is 7.62. The summed E-state index contributed by atoms with van der Waals surface area (Å²) >= 11 is 0. The Morgan fingerprint density at radius 1 is 0.909 bits per heavy atom. The molecule has 9 N–H and O–H groups in total. The molecule has 0 atom stereocenters. The molecule has 1 aromatic rings. The van der Waals surface area contributed by atoms with Crippen molar-refractivity contribution in [3.8, 4) is 12.3 Å². The van der Waals surface area contributed by atoms with Crippen LogP contribution in [0.1, 0.15) is 76.3 Å². The monoisotopic (exact) mass is 453 g/mol. The molecule has 1 aromatic carbocycles. The second kappa shape index (κ2) is 15.0. The zero-order chi connectivity index (χ0) is 24.6. The summed E-state index contributed by atoms with van der Waals surface area (Å²) in [5, 5.41) is 25.6. The van der Waals surface area contributed by atoms with Gasteiger partial charge < -0.3 is 16.8 Å². The lowest BCUT2D eigenvalue weighted by Gasteiger charge is -2.12. The van der Waals surface area contributed by atoms with E-state index in [2.05, 4.69) is 32.3 Å². The molecule has 0 fully saturated rings. The maximum Gasteiger partial charge on any atom is 0.224 e. The number of guanidine groups is 2. The molecule has 0 spiro atoms. The van der Waals surface area contributed by atoms with E-state index in [1.807, 2.05) is 6.07 Å². The van der Waals surface area contributed by atoms with Gasteiger partial charge in [0.2, 0.25) is 17.8 Å². The number of hydrazone groups is 2. The first-order valence-electron chi connectivity index (χ1n) is 10.9. The third-order valence-electron chi connectivity index (χ3n) is 4.72. The number of carbonyl (C=O) groups is 1. The Kier molecular flexibility index (Phi) is 12.4. The van der Waals surface area contributed by atoms with Crippen LogP contribution in [-0.4, -0.2) is 29.2 Å². The quantitative estimate of drug-likeness (QED) is 0.0796. The summed E-state index contributed by atoms with van der Waals surface area (Å²) in [7, 11) is 0. The standard InChI is InChI=1S/C23H35N9O/c1-4-5-6-7-8-9-10-11-12-21(33)28-20-14-18(16(2)29-31-22(24)25)13-19(15-20)17(3)30-32-23(26)27/h1,13-15H,5-12H2,2-3H3,(H,28,33)(H4,24,25,31)(H4,26,27,32)/b29-16+,30-17+. The van der Waals surface area contributed by atoms with E-state index in [9.17, 15) is 4.79 Å². The number of terminal acetylenes is 1. The highest BCUT2D eigenvalue weighted by atomic mass is 16.1. The molecular weight excluding hydrogens is 418 g/mol. The number of nitrogens with zero attached hydrogens (tertiary/aromatic N) is 2. The predicted molar refractivity (Wildman–Crippen MR) is 135 cm³/mol. The molecule has 0 saturated heterocycles. The van der Waals surface area contributed by atoms with Crippen LogP contribution in [0.25, 0.3) is 0 Å². The van der Waals surface area contributed by atoms with Gasteiger partial charge in [-0.2, -0.15) is 10.2 Å². The predicted octanol–water partition coefficient (Wildman–Crippen LogP) is 2.79. The van der Waals surface area contributed by atoms with Crippen molar-refractivity contribution >= 4 is 34.9 Å². The number of carbonyl (C=O) groups excluding carboxylic acids is 1. The third-order valence-corrected chi connectivity index (χ3v) is 4.72. The van der Waals surface area contributed by atoms with Crippen molar-refractivity contribution in [3.63, 3.8) is 0 Å².